The molecule has 10 heteroatoms. The summed E-state index contributed by atoms with van der Waals surface area (Å²) in [4.78, 5) is 41.7. The minimum atomic E-state index is -1.74. The van der Waals surface area contributed by atoms with Crippen molar-refractivity contribution in [3.05, 3.63) is 40.4 Å². The summed E-state index contributed by atoms with van der Waals surface area (Å²) in [6.07, 6.45) is 5.16. The Kier molecular flexibility index (Phi) is 7.45. The van der Waals surface area contributed by atoms with Gasteiger partial charge in [0, 0.05) is 29.3 Å². The molecule has 1 aromatic heterocycles. The van der Waals surface area contributed by atoms with Crippen molar-refractivity contribution in [3.8, 4) is 5.75 Å². The number of benzene rings is 1. The van der Waals surface area contributed by atoms with Crippen LogP contribution in [0.2, 0.25) is 0 Å². The molecule has 0 saturated heterocycles. The maximum absolute atomic E-state index is 12.8. The number of carboxylic acid groups (broad SMARTS) is 1. The molecule has 2 fully saturated rings. The molecule has 0 radical (unpaired) electrons. The number of amides is 1. The lowest BCUT2D eigenvalue weighted by Gasteiger charge is -2.53. The lowest BCUT2D eigenvalue weighted by Crippen LogP contribution is -2.53. The number of hydrogen-bond donors (Lipinski definition) is 4. The van der Waals surface area contributed by atoms with Crippen molar-refractivity contribution in [1.29, 1.82) is 0 Å². The fraction of sp³-hybridized carbons (Fsp3) is 0.586. The van der Waals surface area contributed by atoms with E-state index in [0.29, 0.717) is 18.0 Å². The Morgan fingerprint density at radius 1 is 1.21 bits per heavy atom. The maximum Gasteiger partial charge on any atom is 0.308 e. The number of esters is 1. The zero-order valence-electron chi connectivity index (χ0n) is 22.3. The second-order valence-corrected chi connectivity index (χ2v) is 12.9. The van der Waals surface area contributed by atoms with E-state index in [-0.39, 0.29) is 61.0 Å². The number of fused-ring (bicyclic) bond motifs is 5. The molecule has 3 unspecified atom stereocenters. The third kappa shape index (κ3) is 5.28. The number of hydrogen-bond acceptors (Lipinski definition) is 8. The van der Waals surface area contributed by atoms with Gasteiger partial charge < -0.3 is 25.4 Å². The number of phenolic OH excluding ortho intramolecular Hbond substituents is 1. The number of nitrogens with one attached hydrogen (secondary N) is 1. The van der Waals surface area contributed by atoms with Crippen molar-refractivity contribution in [2.24, 2.45) is 23.2 Å². The molecule has 0 bridgehead atoms. The monoisotopic (exact) mass is 556 g/mol. The molecule has 3 aliphatic rings. The van der Waals surface area contributed by atoms with E-state index in [9.17, 15) is 24.6 Å². The van der Waals surface area contributed by atoms with E-state index in [4.69, 9.17) is 9.84 Å². The molecular weight excluding hydrogens is 520 g/mol. The molecule has 4 N–H and O–H groups in total. The Bertz CT molecular complexity index is 1280. The normalized spacial score (nSPS) is 31.1. The third-order valence-electron chi connectivity index (χ3n) is 9.34. The number of ether oxygens (including phenoxy) is 1. The Morgan fingerprint density at radius 2 is 2.00 bits per heavy atom. The maximum atomic E-state index is 12.8. The highest BCUT2D eigenvalue weighted by atomic mass is 32.1. The molecule has 2 aromatic rings. The number of carboxylic acids is 1. The molecule has 1 aromatic carbocycles. The fourth-order valence-electron chi connectivity index (χ4n) is 7.66. The van der Waals surface area contributed by atoms with Crippen LogP contribution in [-0.4, -0.2) is 43.9 Å². The number of carbonyl (C=O) groups excluding carboxylic acids is 2. The number of aromatic hydroxyl groups is 1. The minimum Gasteiger partial charge on any atom is -0.508 e. The van der Waals surface area contributed by atoms with Gasteiger partial charge >= 0.3 is 11.9 Å². The number of carbonyl (C=O) groups is 3. The molecule has 0 aliphatic heterocycles. The smallest absolute Gasteiger partial charge is 0.308 e. The summed E-state index contributed by atoms with van der Waals surface area (Å²) >= 11 is 1.41. The number of aliphatic hydroxyl groups is 1. The number of rotatable bonds is 8. The molecule has 5 rings (SSSR count). The van der Waals surface area contributed by atoms with E-state index < -0.39 is 23.1 Å². The van der Waals surface area contributed by atoms with Crippen LogP contribution in [0.3, 0.4) is 0 Å². The Morgan fingerprint density at radius 3 is 2.72 bits per heavy atom. The predicted octanol–water partition coefficient (Wildman–Crippen LogP) is 4.75. The number of aryl methyl sites for hydroxylation is 2. The van der Waals surface area contributed by atoms with Crippen molar-refractivity contribution in [2.45, 2.75) is 83.3 Å². The van der Waals surface area contributed by atoms with E-state index in [1.165, 1.54) is 16.9 Å². The summed E-state index contributed by atoms with van der Waals surface area (Å²) in [5.74, 6) is -3.01. The van der Waals surface area contributed by atoms with Crippen LogP contribution in [0.5, 0.6) is 5.75 Å². The number of nitrogens with zero attached hydrogens (tertiary/aromatic N) is 1. The summed E-state index contributed by atoms with van der Waals surface area (Å²) in [6.45, 7) is 3.91. The lowest BCUT2D eigenvalue weighted by atomic mass is 9.53. The van der Waals surface area contributed by atoms with Crippen LogP contribution < -0.4 is 5.32 Å². The average molecular weight is 557 g/mol. The molecule has 0 spiro atoms. The summed E-state index contributed by atoms with van der Waals surface area (Å²) < 4.78 is 5.73. The molecule has 39 heavy (non-hydrogen) atoms. The summed E-state index contributed by atoms with van der Waals surface area (Å²) in [7, 11) is 0. The topological polar surface area (TPSA) is 146 Å². The van der Waals surface area contributed by atoms with Gasteiger partial charge in [-0.3, -0.25) is 14.4 Å². The van der Waals surface area contributed by atoms with Gasteiger partial charge in [0.15, 0.2) is 5.13 Å². The quantitative estimate of drug-likeness (QED) is 0.269. The van der Waals surface area contributed by atoms with Crippen molar-refractivity contribution in [3.63, 3.8) is 0 Å². The predicted molar refractivity (Wildman–Crippen MR) is 144 cm³/mol. The third-order valence-corrected chi connectivity index (χ3v) is 10.2. The second kappa shape index (κ2) is 10.5. The SMILES string of the molecule is Cc1cnc(NC(=O)CC[C@@H]2C[C@](O)(OC(=O)CCC(=O)O)[C@@]3(C)CCC4c5ccc(O)cc5CCC4C23)s1. The van der Waals surface area contributed by atoms with Crippen LogP contribution in [0.1, 0.15) is 80.2 Å². The first kappa shape index (κ1) is 27.6. The van der Waals surface area contributed by atoms with Gasteiger partial charge in [0.1, 0.15) is 5.75 Å². The molecule has 9 nitrogen and oxygen atoms in total. The molecule has 210 valence electrons. The van der Waals surface area contributed by atoms with E-state index in [0.717, 1.165) is 29.7 Å². The first-order valence-corrected chi connectivity index (χ1v) is 14.5. The highest BCUT2D eigenvalue weighted by molar-refractivity contribution is 7.15. The van der Waals surface area contributed by atoms with Gasteiger partial charge in [0.25, 0.3) is 0 Å². The van der Waals surface area contributed by atoms with E-state index >= 15 is 0 Å². The Balaban J connectivity index is 1.40. The summed E-state index contributed by atoms with van der Waals surface area (Å²) in [5.41, 5.74) is 1.66. The lowest BCUT2D eigenvalue weighted by molar-refractivity contribution is -0.260. The number of aliphatic carboxylic acids is 1. The highest BCUT2D eigenvalue weighted by Crippen LogP contribution is 2.67. The second-order valence-electron chi connectivity index (χ2n) is 11.7. The Labute approximate surface area is 231 Å². The average Bonchev–Trinajstić information content (AvgIpc) is 3.38. The Hall–Kier alpha value is -2.98. The van der Waals surface area contributed by atoms with Gasteiger partial charge in [0.05, 0.1) is 12.8 Å². The van der Waals surface area contributed by atoms with Gasteiger partial charge in [-0.1, -0.05) is 13.0 Å². The largest absolute Gasteiger partial charge is 0.508 e. The van der Waals surface area contributed by atoms with Crippen molar-refractivity contribution >= 4 is 34.3 Å². The first-order valence-electron chi connectivity index (χ1n) is 13.7. The number of thiazole rings is 1. The number of phenols is 1. The first-order chi connectivity index (χ1) is 18.5. The van der Waals surface area contributed by atoms with Crippen LogP contribution in [0.25, 0.3) is 0 Å². The molecule has 1 amide bonds. The molecule has 6 atom stereocenters. The van der Waals surface area contributed by atoms with Crippen LogP contribution in [0.15, 0.2) is 24.4 Å². The van der Waals surface area contributed by atoms with Gasteiger partial charge in [-0.05, 0) is 86.0 Å². The van der Waals surface area contributed by atoms with Crippen LogP contribution in [-0.2, 0) is 25.5 Å². The zero-order valence-corrected chi connectivity index (χ0v) is 23.1. The van der Waals surface area contributed by atoms with E-state index in [1.807, 2.05) is 26.0 Å². The van der Waals surface area contributed by atoms with Crippen molar-refractivity contribution < 1.29 is 34.4 Å². The summed E-state index contributed by atoms with van der Waals surface area (Å²) in [6, 6.07) is 5.58. The van der Waals surface area contributed by atoms with Crippen LogP contribution in [0, 0.1) is 30.1 Å². The fourth-order valence-corrected chi connectivity index (χ4v) is 8.34. The van der Waals surface area contributed by atoms with Gasteiger partial charge in [0.2, 0.25) is 11.7 Å². The van der Waals surface area contributed by atoms with E-state index in [2.05, 4.69) is 10.3 Å². The minimum absolute atomic E-state index is 0.00499. The van der Waals surface area contributed by atoms with Gasteiger partial charge in [-0.2, -0.15) is 0 Å². The van der Waals surface area contributed by atoms with E-state index in [1.54, 1.807) is 12.3 Å². The van der Waals surface area contributed by atoms with Crippen LogP contribution in [0.4, 0.5) is 5.13 Å². The molecule has 1 heterocycles. The molecule has 2 saturated carbocycles. The number of aromatic nitrogens is 1. The van der Waals surface area contributed by atoms with Crippen LogP contribution >= 0.6 is 11.3 Å². The standard InChI is InChI=1S/C29H36N2O7S/c1-16-15-30-27(39-16)31-23(33)8-4-18-14-29(37,38-25(36)10-9-24(34)35)28(2)12-11-21-20-7-5-19(32)13-17(20)3-6-22(21)26(18)28/h5,7,13,15,18,21-22,26,32,37H,3-4,6,8-12,14H2,1-2H3,(H,34,35)(H,30,31,33)/t18-,21?,22?,26?,28+,29+/m1/s1. The number of anilines is 1. The van der Waals surface area contributed by atoms with Gasteiger partial charge in [-0.25, -0.2) is 4.98 Å². The summed E-state index contributed by atoms with van der Waals surface area (Å²) in [5, 5.41) is 34.4. The molecular formula is C29H36N2O7S. The molecule has 3 aliphatic carbocycles. The van der Waals surface area contributed by atoms with Gasteiger partial charge in [-0.15, -0.1) is 11.3 Å². The van der Waals surface area contributed by atoms with Crippen molar-refractivity contribution in [2.75, 3.05) is 5.32 Å². The zero-order chi connectivity index (χ0) is 27.9. The van der Waals surface area contributed by atoms with Crippen molar-refractivity contribution in [1.82, 2.24) is 4.98 Å². The highest BCUT2D eigenvalue weighted by Gasteiger charge is 2.67.